The normalized spacial score (nSPS) is 19.6. The number of aromatic nitrogens is 2. The van der Waals surface area contributed by atoms with Gasteiger partial charge in [-0.15, -0.1) is 0 Å². The smallest absolute Gasteiger partial charge is 0.248 e. The summed E-state index contributed by atoms with van der Waals surface area (Å²) < 4.78 is 25.8. The zero-order chi connectivity index (χ0) is 12.5. The molecule has 2 heterocycles. The summed E-state index contributed by atoms with van der Waals surface area (Å²) in [7, 11) is -3.55. The van der Waals surface area contributed by atoms with Crippen LogP contribution < -0.4 is 5.73 Å². The molecule has 2 rings (SSSR count). The monoisotopic (exact) mass is 260 g/mol. The molecule has 0 unspecified atom stereocenters. The first-order chi connectivity index (χ1) is 8.05. The first-order valence-corrected chi connectivity index (χ1v) is 6.89. The molecule has 96 valence electrons. The van der Waals surface area contributed by atoms with Gasteiger partial charge in [-0.3, -0.25) is 5.10 Å². The number of sulfonamides is 1. The van der Waals surface area contributed by atoms with Crippen LogP contribution in [0.15, 0.2) is 11.1 Å². The third-order valence-electron chi connectivity index (χ3n) is 3.08. The Balaban J connectivity index is 2.16. The Morgan fingerprint density at radius 3 is 2.65 bits per heavy atom. The van der Waals surface area contributed by atoms with Crippen molar-refractivity contribution in [3.05, 3.63) is 6.20 Å². The van der Waals surface area contributed by atoms with Crippen molar-refractivity contribution in [2.45, 2.75) is 17.7 Å². The van der Waals surface area contributed by atoms with Gasteiger partial charge in [0.1, 0.15) is 10.7 Å². The van der Waals surface area contributed by atoms with Gasteiger partial charge in [-0.1, -0.05) is 0 Å². The number of aliphatic hydroxyl groups is 1. The van der Waals surface area contributed by atoms with E-state index in [0.29, 0.717) is 25.9 Å². The molecule has 0 aromatic carbocycles. The van der Waals surface area contributed by atoms with Crippen LogP contribution in [-0.2, 0) is 10.0 Å². The summed E-state index contributed by atoms with van der Waals surface area (Å²) in [5.74, 6) is 0.262. The fourth-order valence-electron chi connectivity index (χ4n) is 1.96. The van der Waals surface area contributed by atoms with E-state index in [9.17, 15) is 8.42 Å². The van der Waals surface area contributed by atoms with Gasteiger partial charge >= 0.3 is 0 Å². The molecule has 1 aromatic rings. The highest BCUT2D eigenvalue weighted by atomic mass is 32.2. The van der Waals surface area contributed by atoms with Gasteiger partial charge in [0, 0.05) is 19.7 Å². The van der Waals surface area contributed by atoms with Crippen LogP contribution >= 0.6 is 0 Å². The Kier molecular flexibility index (Phi) is 3.36. The van der Waals surface area contributed by atoms with Crippen LogP contribution in [0.2, 0.25) is 0 Å². The average Bonchev–Trinajstić information content (AvgIpc) is 2.76. The lowest BCUT2D eigenvalue weighted by Gasteiger charge is -2.29. The molecule has 0 amide bonds. The Morgan fingerprint density at radius 2 is 2.18 bits per heavy atom. The summed E-state index contributed by atoms with van der Waals surface area (Å²) in [6.45, 7) is 0.943. The van der Waals surface area contributed by atoms with Crippen molar-refractivity contribution in [3.63, 3.8) is 0 Å². The molecule has 0 spiro atoms. The lowest BCUT2D eigenvalue weighted by Crippen LogP contribution is -2.39. The molecule has 0 atom stereocenters. The fraction of sp³-hybridized carbons (Fsp3) is 0.667. The number of nitrogens with one attached hydrogen (secondary N) is 1. The number of H-pyrrole nitrogens is 1. The van der Waals surface area contributed by atoms with Gasteiger partial charge < -0.3 is 10.8 Å². The van der Waals surface area contributed by atoms with Crippen LogP contribution in [-0.4, -0.2) is 47.7 Å². The molecule has 1 aliphatic rings. The lowest BCUT2D eigenvalue weighted by molar-refractivity contribution is 0.170. The van der Waals surface area contributed by atoms with Gasteiger partial charge in [0.25, 0.3) is 0 Å². The van der Waals surface area contributed by atoms with Crippen LogP contribution in [0.3, 0.4) is 0 Å². The SMILES string of the molecule is Nc1[nH]ncc1S(=O)(=O)N1CCC(CO)CC1. The first-order valence-electron chi connectivity index (χ1n) is 5.45. The molecule has 7 nitrogen and oxygen atoms in total. The van der Waals surface area contributed by atoms with Gasteiger partial charge in [-0.05, 0) is 18.8 Å². The molecule has 0 saturated carbocycles. The largest absolute Gasteiger partial charge is 0.396 e. The van der Waals surface area contributed by atoms with Gasteiger partial charge in [-0.2, -0.15) is 9.40 Å². The first kappa shape index (κ1) is 12.3. The number of hydrogen-bond acceptors (Lipinski definition) is 5. The zero-order valence-corrected chi connectivity index (χ0v) is 10.2. The second-order valence-corrected chi connectivity index (χ2v) is 6.08. The van der Waals surface area contributed by atoms with Crippen LogP contribution in [0.1, 0.15) is 12.8 Å². The van der Waals surface area contributed by atoms with E-state index in [1.165, 1.54) is 10.5 Å². The number of nitrogens with two attached hydrogens (primary N) is 1. The predicted octanol–water partition coefficient (Wildman–Crippen LogP) is -0.615. The summed E-state index contributed by atoms with van der Waals surface area (Å²) in [6.07, 6.45) is 2.57. The molecule has 1 fully saturated rings. The summed E-state index contributed by atoms with van der Waals surface area (Å²) in [5.41, 5.74) is 5.52. The highest BCUT2D eigenvalue weighted by molar-refractivity contribution is 7.89. The Labute approximate surface area is 99.7 Å². The Hall–Kier alpha value is -1.12. The number of nitrogens with zero attached hydrogens (tertiary/aromatic N) is 2. The van der Waals surface area contributed by atoms with E-state index in [0.717, 1.165) is 0 Å². The number of nitrogen functional groups attached to an aromatic ring is 1. The van der Waals surface area contributed by atoms with Crippen molar-refractivity contribution >= 4 is 15.8 Å². The summed E-state index contributed by atoms with van der Waals surface area (Å²) in [5, 5.41) is 15.0. The van der Waals surface area contributed by atoms with Crippen molar-refractivity contribution in [1.82, 2.24) is 14.5 Å². The van der Waals surface area contributed by atoms with E-state index in [1.807, 2.05) is 0 Å². The van der Waals surface area contributed by atoms with Crippen LogP contribution in [0.4, 0.5) is 5.82 Å². The standard InChI is InChI=1S/C9H16N4O3S/c10-9-8(5-11-12-9)17(15,16)13-3-1-7(6-14)2-4-13/h5,7,14H,1-4,6H2,(H3,10,11,12). The summed E-state index contributed by atoms with van der Waals surface area (Å²) in [6, 6.07) is 0. The summed E-state index contributed by atoms with van der Waals surface area (Å²) >= 11 is 0. The van der Waals surface area contributed by atoms with E-state index >= 15 is 0 Å². The lowest BCUT2D eigenvalue weighted by atomic mass is 10.00. The maximum absolute atomic E-state index is 12.2. The molecule has 0 radical (unpaired) electrons. The van der Waals surface area contributed by atoms with Crippen molar-refractivity contribution in [2.75, 3.05) is 25.4 Å². The van der Waals surface area contributed by atoms with Gasteiger partial charge in [0.05, 0.1) is 6.20 Å². The van der Waals surface area contributed by atoms with E-state index in [4.69, 9.17) is 10.8 Å². The topological polar surface area (TPSA) is 112 Å². The fourth-order valence-corrected chi connectivity index (χ4v) is 3.44. The molecular formula is C9H16N4O3S. The maximum Gasteiger partial charge on any atom is 0.248 e. The van der Waals surface area contributed by atoms with Crippen molar-refractivity contribution in [2.24, 2.45) is 5.92 Å². The molecule has 8 heteroatoms. The molecule has 0 aliphatic carbocycles. The highest BCUT2D eigenvalue weighted by Gasteiger charge is 2.31. The van der Waals surface area contributed by atoms with Gasteiger partial charge in [0.2, 0.25) is 10.0 Å². The van der Waals surface area contributed by atoms with Crippen LogP contribution in [0, 0.1) is 5.92 Å². The molecule has 1 aliphatic heterocycles. The number of anilines is 1. The molecule has 0 bridgehead atoms. The molecule has 1 aromatic heterocycles. The second-order valence-electron chi connectivity index (χ2n) is 4.18. The minimum atomic E-state index is -3.55. The van der Waals surface area contributed by atoms with Crippen LogP contribution in [0.5, 0.6) is 0 Å². The number of aromatic amines is 1. The van der Waals surface area contributed by atoms with Gasteiger partial charge in [0.15, 0.2) is 0 Å². The minimum absolute atomic E-state index is 0.0277. The average molecular weight is 260 g/mol. The van der Waals surface area contributed by atoms with Crippen molar-refractivity contribution < 1.29 is 13.5 Å². The third kappa shape index (κ3) is 2.28. The predicted molar refractivity (Wildman–Crippen MR) is 61.6 cm³/mol. The minimum Gasteiger partial charge on any atom is -0.396 e. The van der Waals surface area contributed by atoms with E-state index < -0.39 is 10.0 Å². The third-order valence-corrected chi connectivity index (χ3v) is 5.01. The van der Waals surface area contributed by atoms with E-state index in [2.05, 4.69) is 10.2 Å². The van der Waals surface area contributed by atoms with Crippen LogP contribution in [0.25, 0.3) is 0 Å². The molecular weight excluding hydrogens is 244 g/mol. The number of piperidine rings is 1. The highest BCUT2D eigenvalue weighted by Crippen LogP contribution is 2.25. The molecule has 1 saturated heterocycles. The Bertz CT molecular complexity index is 476. The molecule has 4 N–H and O–H groups in total. The number of hydrogen-bond donors (Lipinski definition) is 3. The zero-order valence-electron chi connectivity index (χ0n) is 9.33. The second kappa shape index (κ2) is 4.63. The van der Waals surface area contributed by atoms with E-state index in [-0.39, 0.29) is 23.2 Å². The van der Waals surface area contributed by atoms with Crippen molar-refractivity contribution in [1.29, 1.82) is 0 Å². The molecule has 17 heavy (non-hydrogen) atoms. The quantitative estimate of drug-likeness (QED) is 0.671. The summed E-state index contributed by atoms with van der Waals surface area (Å²) in [4.78, 5) is 0.0277. The number of aliphatic hydroxyl groups excluding tert-OH is 1. The number of rotatable bonds is 3. The van der Waals surface area contributed by atoms with E-state index in [1.54, 1.807) is 0 Å². The van der Waals surface area contributed by atoms with Gasteiger partial charge in [-0.25, -0.2) is 8.42 Å². The van der Waals surface area contributed by atoms with Crippen molar-refractivity contribution in [3.8, 4) is 0 Å². The Morgan fingerprint density at radius 1 is 1.53 bits per heavy atom. The maximum atomic E-state index is 12.2.